The maximum Gasteiger partial charge on any atom is 0.306 e. The number of hydrogen-bond acceptors (Lipinski definition) is 5. The lowest BCUT2D eigenvalue weighted by Gasteiger charge is -2.29. The molecule has 0 aromatic heterocycles. The zero-order valence-corrected chi connectivity index (χ0v) is 33.0. The van der Waals surface area contributed by atoms with Crippen molar-refractivity contribution in [1.82, 2.24) is 0 Å². The lowest BCUT2D eigenvalue weighted by molar-refractivity contribution is -0.145. The highest BCUT2D eigenvalue weighted by Gasteiger charge is 2.28. The molecule has 6 heteroatoms. The van der Waals surface area contributed by atoms with E-state index in [4.69, 9.17) is 12.5 Å². The van der Waals surface area contributed by atoms with Crippen molar-refractivity contribution in [1.29, 1.82) is 0 Å². The molecule has 0 saturated carbocycles. The third-order valence-electron chi connectivity index (χ3n) is 8.37. The van der Waals surface area contributed by atoms with Crippen molar-refractivity contribution < 1.29 is 22.1 Å². The SMILES string of the molecule is CC(C)(C)c1cc(CCC(=O)OCCCCCCOC(=O)CCc2cc(C(C)(C)C)c(OI)c(C(C)(C)C)c2)cc(C(C)(C)C)c1. The molecule has 2 rings (SSSR count). The van der Waals surface area contributed by atoms with Gasteiger partial charge in [-0.15, -0.1) is 0 Å². The average Bonchev–Trinajstić information content (AvgIpc) is 2.93. The van der Waals surface area contributed by atoms with Gasteiger partial charge in [-0.05, 0) is 82.4 Å². The van der Waals surface area contributed by atoms with Crippen molar-refractivity contribution in [3.63, 3.8) is 0 Å². The molecule has 46 heavy (non-hydrogen) atoms. The lowest BCUT2D eigenvalue weighted by Crippen LogP contribution is -2.19. The molecule has 2 aromatic rings. The predicted octanol–water partition coefficient (Wildman–Crippen LogP) is 10.8. The molecule has 0 radical (unpaired) electrons. The third kappa shape index (κ3) is 13.2. The minimum absolute atomic E-state index is 0.0544. The largest absolute Gasteiger partial charge is 0.466 e. The van der Waals surface area contributed by atoms with Gasteiger partial charge in [0.2, 0.25) is 0 Å². The maximum atomic E-state index is 12.5. The maximum absolute atomic E-state index is 12.5. The van der Waals surface area contributed by atoms with E-state index >= 15 is 0 Å². The molecule has 0 bridgehead atoms. The Kier molecular flexibility index (Phi) is 14.7. The Morgan fingerprint density at radius 2 is 0.913 bits per heavy atom. The molecule has 2 aromatic carbocycles. The molecule has 0 aliphatic rings. The zero-order chi connectivity index (χ0) is 34.9. The first-order valence-corrected chi connectivity index (χ1v) is 17.9. The van der Waals surface area contributed by atoms with Crippen LogP contribution in [0.1, 0.15) is 155 Å². The number of carbonyl (C=O) groups excluding carboxylic acids is 2. The monoisotopic (exact) mass is 748 g/mol. The van der Waals surface area contributed by atoms with Gasteiger partial charge in [0.25, 0.3) is 0 Å². The van der Waals surface area contributed by atoms with Crippen LogP contribution in [0.5, 0.6) is 5.75 Å². The Hall–Kier alpha value is -2.09. The van der Waals surface area contributed by atoms with E-state index in [0.29, 0.717) is 38.9 Å². The van der Waals surface area contributed by atoms with Crippen LogP contribution in [0.3, 0.4) is 0 Å². The number of ether oxygens (including phenoxy) is 2. The summed E-state index contributed by atoms with van der Waals surface area (Å²) in [7, 11) is 0. The summed E-state index contributed by atoms with van der Waals surface area (Å²) in [4.78, 5) is 24.9. The summed E-state index contributed by atoms with van der Waals surface area (Å²) in [5, 5.41) is 0. The number of benzene rings is 2. The van der Waals surface area contributed by atoms with Gasteiger partial charge in [-0.3, -0.25) is 9.59 Å². The van der Waals surface area contributed by atoms with Crippen LogP contribution in [-0.2, 0) is 53.6 Å². The number of aryl methyl sites for hydroxylation is 2. The quantitative estimate of drug-likeness (QED) is 0.109. The van der Waals surface area contributed by atoms with Gasteiger partial charge in [0.05, 0.1) is 13.2 Å². The molecular formula is C40H61IO5. The molecular weight excluding hydrogens is 687 g/mol. The van der Waals surface area contributed by atoms with Gasteiger partial charge < -0.3 is 12.5 Å². The van der Waals surface area contributed by atoms with Crippen molar-refractivity contribution in [2.45, 2.75) is 156 Å². The van der Waals surface area contributed by atoms with Gasteiger partial charge in [0.1, 0.15) is 5.75 Å². The van der Waals surface area contributed by atoms with Crippen molar-refractivity contribution in [2.75, 3.05) is 13.2 Å². The van der Waals surface area contributed by atoms with Gasteiger partial charge in [-0.1, -0.05) is 113 Å². The normalized spacial score (nSPS) is 12.6. The summed E-state index contributed by atoms with van der Waals surface area (Å²) in [6.07, 6.45) is 5.55. The van der Waals surface area contributed by atoms with E-state index in [1.807, 2.05) is 23.0 Å². The van der Waals surface area contributed by atoms with Crippen LogP contribution in [0.2, 0.25) is 0 Å². The van der Waals surface area contributed by atoms with E-state index < -0.39 is 0 Å². The predicted molar refractivity (Wildman–Crippen MR) is 199 cm³/mol. The molecule has 0 amide bonds. The molecule has 0 unspecified atom stereocenters. The van der Waals surface area contributed by atoms with Crippen molar-refractivity contribution in [3.8, 4) is 5.75 Å². The third-order valence-corrected chi connectivity index (χ3v) is 8.81. The van der Waals surface area contributed by atoms with Gasteiger partial charge in [-0.25, -0.2) is 0 Å². The fourth-order valence-electron chi connectivity index (χ4n) is 5.30. The van der Waals surface area contributed by atoms with Crippen LogP contribution < -0.4 is 3.07 Å². The second-order valence-electron chi connectivity index (χ2n) is 16.9. The van der Waals surface area contributed by atoms with E-state index in [0.717, 1.165) is 48.1 Å². The Labute approximate surface area is 294 Å². The molecule has 0 N–H and O–H groups in total. The van der Waals surface area contributed by atoms with Gasteiger partial charge in [0, 0.05) is 24.0 Å². The summed E-state index contributed by atoms with van der Waals surface area (Å²) >= 11 is 1.97. The zero-order valence-electron chi connectivity index (χ0n) is 30.9. The van der Waals surface area contributed by atoms with Crippen LogP contribution in [0.15, 0.2) is 30.3 Å². The second kappa shape index (κ2) is 16.8. The van der Waals surface area contributed by atoms with Crippen molar-refractivity contribution in [3.05, 3.63) is 63.7 Å². The summed E-state index contributed by atoms with van der Waals surface area (Å²) in [5.41, 5.74) is 7.19. The molecule has 0 atom stereocenters. The average molecular weight is 749 g/mol. The first-order valence-electron chi connectivity index (χ1n) is 17.1. The molecule has 0 heterocycles. The van der Waals surface area contributed by atoms with Crippen LogP contribution in [0.25, 0.3) is 0 Å². The minimum atomic E-state index is -0.166. The lowest BCUT2D eigenvalue weighted by atomic mass is 9.78. The van der Waals surface area contributed by atoms with E-state index in [1.165, 1.54) is 16.7 Å². The highest BCUT2D eigenvalue weighted by molar-refractivity contribution is 14.1. The highest BCUT2D eigenvalue weighted by atomic mass is 127. The molecule has 0 saturated heterocycles. The second-order valence-corrected chi connectivity index (χ2v) is 17.3. The van der Waals surface area contributed by atoms with Crippen molar-refractivity contribution >= 4 is 34.9 Å². The van der Waals surface area contributed by atoms with Crippen LogP contribution in [0, 0.1) is 0 Å². The number of hydrogen-bond donors (Lipinski definition) is 0. The minimum Gasteiger partial charge on any atom is -0.466 e. The number of carbonyl (C=O) groups is 2. The molecule has 258 valence electrons. The summed E-state index contributed by atoms with van der Waals surface area (Å²) in [6, 6.07) is 11.1. The topological polar surface area (TPSA) is 61.8 Å². The first-order chi connectivity index (χ1) is 21.1. The van der Waals surface area contributed by atoms with Gasteiger partial charge in [-0.2, -0.15) is 0 Å². The molecule has 0 fully saturated rings. The fourth-order valence-corrected chi connectivity index (χ4v) is 5.77. The first kappa shape index (κ1) is 40.1. The number of esters is 2. The molecule has 0 aliphatic carbocycles. The number of unbranched alkanes of at least 4 members (excludes halogenated alkanes) is 3. The summed E-state index contributed by atoms with van der Waals surface area (Å²) in [6.45, 7) is 27.3. The Balaban J connectivity index is 1.71. The smallest absolute Gasteiger partial charge is 0.306 e. The fraction of sp³-hybridized carbons (Fsp3) is 0.650. The van der Waals surface area contributed by atoms with Gasteiger partial charge >= 0.3 is 11.9 Å². The number of rotatable bonds is 14. The van der Waals surface area contributed by atoms with Crippen molar-refractivity contribution in [2.24, 2.45) is 0 Å². The Morgan fingerprint density at radius 1 is 0.543 bits per heavy atom. The number of halogens is 1. The molecule has 0 aliphatic heterocycles. The Bertz CT molecular complexity index is 1230. The van der Waals surface area contributed by atoms with E-state index in [9.17, 15) is 9.59 Å². The Morgan fingerprint density at radius 3 is 1.24 bits per heavy atom. The van der Waals surface area contributed by atoms with Gasteiger partial charge in [0.15, 0.2) is 23.0 Å². The van der Waals surface area contributed by atoms with Crippen LogP contribution in [-0.4, -0.2) is 25.2 Å². The molecule has 5 nitrogen and oxygen atoms in total. The highest BCUT2D eigenvalue weighted by Crippen LogP contribution is 2.41. The summed E-state index contributed by atoms with van der Waals surface area (Å²) < 4.78 is 16.9. The molecule has 0 spiro atoms. The van der Waals surface area contributed by atoms with E-state index in [1.54, 1.807) is 0 Å². The van der Waals surface area contributed by atoms with Crippen LogP contribution >= 0.6 is 23.0 Å². The summed E-state index contributed by atoms with van der Waals surface area (Å²) in [5.74, 6) is 0.617. The van der Waals surface area contributed by atoms with E-state index in [2.05, 4.69) is 113 Å². The van der Waals surface area contributed by atoms with E-state index in [-0.39, 0.29) is 33.6 Å². The van der Waals surface area contributed by atoms with Crippen LogP contribution in [0.4, 0.5) is 0 Å². The standard InChI is InChI=1S/C40H61IO5/c1-37(2,3)30-23-28(24-31(27-30)38(4,5)6)17-19-34(42)44-21-15-13-14-16-22-45-35(43)20-18-29-25-32(39(7,8)9)36(46-41)33(26-29)40(10,11)12/h23-27H,13-22H2,1-12H3.